The largest absolute Gasteiger partial charge is 0.341 e. The minimum Gasteiger partial charge on any atom is -0.341 e. The molecule has 1 aromatic carbocycles. The van der Waals surface area contributed by atoms with E-state index in [0.717, 1.165) is 11.1 Å². The highest BCUT2D eigenvalue weighted by molar-refractivity contribution is 5.85. The van der Waals surface area contributed by atoms with Gasteiger partial charge >= 0.3 is 0 Å². The fraction of sp³-hybridized carbons (Fsp3) is 0.462. The number of carbonyl (C=O) groups is 1. The van der Waals surface area contributed by atoms with Gasteiger partial charge in [-0.1, -0.05) is 24.3 Å². The summed E-state index contributed by atoms with van der Waals surface area (Å²) in [6, 6.07) is 8.05. The van der Waals surface area contributed by atoms with Gasteiger partial charge in [0.1, 0.15) is 0 Å². The summed E-state index contributed by atoms with van der Waals surface area (Å²) in [6.07, 6.45) is 0.452. The fourth-order valence-corrected chi connectivity index (χ4v) is 1.50. The Morgan fingerprint density at radius 3 is 2.53 bits per heavy atom. The van der Waals surface area contributed by atoms with E-state index in [1.807, 2.05) is 38.1 Å². The number of aryl methyl sites for hydroxylation is 1. The molecule has 3 nitrogen and oxygen atoms in total. The third kappa shape index (κ3) is 4.36. The van der Waals surface area contributed by atoms with Crippen molar-refractivity contribution in [2.45, 2.75) is 26.3 Å². The van der Waals surface area contributed by atoms with Gasteiger partial charge in [0.25, 0.3) is 0 Å². The molecule has 1 rings (SSSR count). The van der Waals surface area contributed by atoms with Crippen LogP contribution in [0.3, 0.4) is 0 Å². The first-order chi connectivity index (χ1) is 7.56. The van der Waals surface area contributed by atoms with E-state index in [-0.39, 0.29) is 24.4 Å². The monoisotopic (exact) mass is 256 g/mol. The van der Waals surface area contributed by atoms with Crippen LogP contribution in [0.15, 0.2) is 24.3 Å². The van der Waals surface area contributed by atoms with Gasteiger partial charge in [-0.15, -0.1) is 12.4 Å². The summed E-state index contributed by atoms with van der Waals surface area (Å²) >= 11 is 0. The minimum atomic E-state index is 0. The molecule has 0 heterocycles. The van der Waals surface area contributed by atoms with Crippen molar-refractivity contribution in [3.05, 3.63) is 35.4 Å². The second kappa shape index (κ2) is 7.30. The molecule has 1 atom stereocenters. The molecule has 0 spiro atoms. The molecule has 0 radical (unpaired) electrons. The van der Waals surface area contributed by atoms with E-state index in [1.54, 1.807) is 11.9 Å². The molecule has 1 aromatic rings. The van der Waals surface area contributed by atoms with E-state index >= 15 is 0 Å². The predicted molar refractivity (Wildman–Crippen MR) is 73.4 cm³/mol. The molecule has 0 saturated heterocycles. The predicted octanol–water partition coefficient (Wildman–Crippen LogP) is 1.76. The number of hydrogen-bond donors (Lipinski definition) is 1. The summed E-state index contributed by atoms with van der Waals surface area (Å²) in [5, 5.41) is 0. The van der Waals surface area contributed by atoms with Crippen LogP contribution in [0.4, 0.5) is 0 Å². The Morgan fingerprint density at radius 2 is 2.00 bits per heavy atom. The van der Waals surface area contributed by atoms with Gasteiger partial charge in [-0.2, -0.15) is 0 Å². The Balaban J connectivity index is 0.00000256. The van der Waals surface area contributed by atoms with Crippen LogP contribution in [0.25, 0.3) is 0 Å². The van der Waals surface area contributed by atoms with Crippen molar-refractivity contribution >= 4 is 18.3 Å². The zero-order valence-electron chi connectivity index (χ0n) is 10.6. The van der Waals surface area contributed by atoms with Crippen LogP contribution in [0, 0.1) is 6.92 Å². The molecule has 17 heavy (non-hydrogen) atoms. The number of halogens is 1. The molecule has 1 amide bonds. The number of carbonyl (C=O) groups excluding carboxylic acids is 1. The van der Waals surface area contributed by atoms with E-state index < -0.39 is 0 Å². The summed E-state index contributed by atoms with van der Waals surface area (Å²) in [6.45, 7) is 4.47. The van der Waals surface area contributed by atoms with Crippen molar-refractivity contribution in [1.82, 2.24) is 4.90 Å². The molecular formula is C13H21ClN2O. The lowest BCUT2D eigenvalue weighted by Crippen LogP contribution is -2.40. The van der Waals surface area contributed by atoms with Crippen LogP contribution in [0.2, 0.25) is 0 Å². The van der Waals surface area contributed by atoms with Crippen molar-refractivity contribution in [3.8, 4) is 0 Å². The molecular weight excluding hydrogens is 236 g/mol. The van der Waals surface area contributed by atoms with Crippen LogP contribution in [-0.4, -0.2) is 30.4 Å². The Labute approximate surface area is 109 Å². The topological polar surface area (TPSA) is 46.3 Å². The second-order valence-electron chi connectivity index (χ2n) is 4.19. The first-order valence-corrected chi connectivity index (χ1v) is 5.56. The molecule has 0 aromatic heterocycles. The first kappa shape index (κ1) is 15.9. The molecule has 0 saturated carbocycles. The van der Waals surface area contributed by atoms with Crippen molar-refractivity contribution in [3.63, 3.8) is 0 Å². The van der Waals surface area contributed by atoms with Gasteiger partial charge in [0.15, 0.2) is 0 Å². The number of nitrogens with two attached hydrogens (primary N) is 1. The van der Waals surface area contributed by atoms with Gasteiger partial charge in [-0.05, 0) is 25.0 Å². The zero-order valence-corrected chi connectivity index (χ0v) is 11.5. The minimum absolute atomic E-state index is 0. The average Bonchev–Trinajstić information content (AvgIpc) is 2.30. The Bertz CT molecular complexity index is 368. The molecule has 0 aliphatic carbocycles. The maximum Gasteiger partial charge on any atom is 0.227 e. The number of rotatable bonds is 4. The zero-order chi connectivity index (χ0) is 12.1. The van der Waals surface area contributed by atoms with Crippen molar-refractivity contribution in [2.75, 3.05) is 13.6 Å². The Morgan fingerprint density at radius 1 is 1.41 bits per heavy atom. The summed E-state index contributed by atoms with van der Waals surface area (Å²) in [4.78, 5) is 13.7. The molecule has 0 aliphatic rings. The highest BCUT2D eigenvalue weighted by atomic mass is 35.5. The lowest BCUT2D eigenvalue weighted by atomic mass is 10.1. The van der Waals surface area contributed by atoms with Crippen LogP contribution >= 0.6 is 12.4 Å². The van der Waals surface area contributed by atoms with Crippen molar-refractivity contribution in [1.29, 1.82) is 0 Å². The third-order valence-electron chi connectivity index (χ3n) is 3.00. The van der Waals surface area contributed by atoms with Gasteiger partial charge in [0.2, 0.25) is 5.91 Å². The van der Waals surface area contributed by atoms with Gasteiger partial charge < -0.3 is 10.6 Å². The third-order valence-corrected chi connectivity index (χ3v) is 3.00. The van der Waals surface area contributed by atoms with Crippen LogP contribution in [0.1, 0.15) is 18.1 Å². The van der Waals surface area contributed by atoms with E-state index in [4.69, 9.17) is 5.73 Å². The van der Waals surface area contributed by atoms with E-state index in [9.17, 15) is 4.79 Å². The van der Waals surface area contributed by atoms with E-state index in [0.29, 0.717) is 13.0 Å². The Kier molecular flexibility index (Phi) is 6.85. The van der Waals surface area contributed by atoms with Crippen LogP contribution in [0.5, 0.6) is 0 Å². The molecule has 96 valence electrons. The smallest absolute Gasteiger partial charge is 0.227 e. The first-order valence-electron chi connectivity index (χ1n) is 5.56. The number of amides is 1. The maximum atomic E-state index is 11.9. The normalized spacial score (nSPS) is 11.5. The van der Waals surface area contributed by atoms with Crippen molar-refractivity contribution in [2.24, 2.45) is 5.73 Å². The Hall–Kier alpha value is -1.06. The maximum absolute atomic E-state index is 11.9. The molecule has 1 unspecified atom stereocenters. The second-order valence-corrected chi connectivity index (χ2v) is 4.19. The quantitative estimate of drug-likeness (QED) is 0.893. The number of likely N-dealkylation sites (N-methyl/N-ethyl adjacent to an activating group) is 1. The van der Waals surface area contributed by atoms with Crippen LogP contribution < -0.4 is 5.73 Å². The number of hydrogen-bond acceptors (Lipinski definition) is 2. The summed E-state index contributed by atoms with van der Waals surface area (Å²) in [5.74, 6) is 0.118. The lowest BCUT2D eigenvalue weighted by molar-refractivity contribution is -0.130. The average molecular weight is 257 g/mol. The molecule has 0 aliphatic heterocycles. The van der Waals surface area contributed by atoms with E-state index in [1.165, 1.54) is 0 Å². The summed E-state index contributed by atoms with van der Waals surface area (Å²) < 4.78 is 0. The molecule has 4 heteroatoms. The van der Waals surface area contributed by atoms with Crippen LogP contribution in [-0.2, 0) is 11.2 Å². The molecule has 0 bridgehead atoms. The molecule has 0 fully saturated rings. The highest BCUT2D eigenvalue weighted by Crippen LogP contribution is 2.09. The standard InChI is InChI=1S/C13H20N2O.ClH/c1-10-6-4-5-7-12(10)8-13(16)15(3)11(2)9-14;/h4-7,11H,8-9,14H2,1-3H3;1H. The van der Waals surface area contributed by atoms with E-state index in [2.05, 4.69) is 0 Å². The SMILES string of the molecule is Cc1ccccc1CC(=O)N(C)C(C)CN.Cl. The lowest BCUT2D eigenvalue weighted by Gasteiger charge is -2.24. The van der Waals surface area contributed by atoms with Gasteiger partial charge in [-0.25, -0.2) is 0 Å². The highest BCUT2D eigenvalue weighted by Gasteiger charge is 2.15. The summed E-state index contributed by atoms with van der Waals surface area (Å²) in [7, 11) is 1.80. The van der Waals surface area contributed by atoms with Gasteiger partial charge in [0.05, 0.1) is 6.42 Å². The van der Waals surface area contributed by atoms with Gasteiger partial charge in [-0.3, -0.25) is 4.79 Å². The number of benzene rings is 1. The summed E-state index contributed by atoms with van der Waals surface area (Å²) in [5.41, 5.74) is 7.78. The van der Waals surface area contributed by atoms with Crippen molar-refractivity contribution < 1.29 is 4.79 Å². The molecule has 2 N–H and O–H groups in total. The fourth-order valence-electron chi connectivity index (χ4n) is 1.50. The number of nitrogens with zero attached hydrogens (tertiary/aromatic N) is 1. The van der Waals surface area contributed by atoms with Gasteiger partial charge in [0, 0.05) is 19.6 Å².